The SMILES string of the molecule is C=CCn1c(=O)c2cnc(Nc3ccc(OCC)cc3)nc2n1-c1cccc(OC2CCN(C)CC2)n1. The van der Waals surface area contributed by atoms with Crippen LogP contribution in [0.2, 0.25) is 0 Å². The average molecular weight is 502 g/mol. The summed E-state index contributed by atoms with van der Waals surface area (Å²) in [4.78, 5) is 29.3. The summed E-state index contributed by atoms with van der Waals surface area (Å²) in [5, 5.41) is 3.59. The van der Waals surface area contributed by atoms with E-state index in [0.29, 0.717) is 41.8 Å². The van der Waals surface area contributed by atoms with Gasteiger partial charge in [-0.2, -0.15) is 9.97 Å². The number of likely N-dealkylation sites (tertiary alicyclic amines) is 1. The molecule has 5 rings (SSSR count). The molecule has 0 atom stereocenters. The first kappa shape index (κ1) is 24.5. The number of nitrogens with one attached hydrogen (secondary N) is 1. The summed E-state index contributed by atoms with van der Waals surface area (Å²) in [5.74, 6) is 2.20. The summed E-state index contributed by atoms with van der Waals surface area (Å²) >= 11 is 0. The van der Waals surface area contributed by atoms with Crippen molar-refractivity contribution in [3.05, 3.63) is 71.7 Å². The highest BCUT2D eigenvalue weighted by atomic mass is 16.5. The number of benzene rings is 1. The molecule has 10 heteroatoms. The molecular formula is C27H31N7O3. The highest BCUT2D eigenvalue weighted by Gasteiger charge is 2.21. The number of hydrogen-bond donors (Lipinski definition) is 1. The first-order valence-electron chi connectivity index (χ1n) is 12.5. The summed E-state index contributed by atoms with van der Waals surface area (Å²) in [6, 6.07) is 13.1. The summed E-state index contributed by atoms with van der Waals surface area (Å²) in [5.41, 5.74) is 1.03. The van der Waals surface area contributed by atoms with Crippen LogP contribution in [0.25, 0.3) is 16.9 Å². The van der Waals surface area contributed by atoms with Gasteiger partial charge in [-0.15, -0.1) is 6.58 Å². The average Bonchev–Trinajstić information content (AvgIpc) is 3.18. The van der Waals surface area contributed by atoms with Crippen LogP contribution in [-0.4, -0.2) is 62.1 Å². The molecule has 3 aromatic heterocycles. The van der Waals surface area contributed by atoms with Gasteiger partial charge in [0, 0.05) is 31.0 Å². The van der Waals surface area contributed by atoms with Gasteiger partial charge in [-0.25, -0.2) is 14.3 Å². The Morgan fingerprint density at radius 2 is 1.92 bits per heavy atom. The number of allylic oxidation sites excluding steroid dienone is 1. The summed E-state index contributed by atoms with van der Waals surface area (Å²) in [7, 11) is 2.12. The van der Waals surface area contributed by atoms with Crippen molar-refractivity contribution in [3.8, 4) is 17.4 Å². The fourth-order valence-corrected chi connectivity index (χ4v) is 4.40. The highest BCUT2D eigenvalue weighted by Crippen LogP contribution is 2.22. The molecule has 1 aliphatic heterocycles. The molecule has 1 N–H and O–H groups in total. The molecule has 10 nitrogen and oxygen atoms in total. The lowest BCUT2D eigenvalue weighted by Crippen LogP contribution is -2.35. The van der Waals surface area contributed by atoms with Crippen molar-refractivity contribution in [2.24, 2.45) is 0 Å². The molecule has 1 aliphatic rings. The lowest BCUT2D eigenvalue weighted by Gasteiger charge is -2.29. The minimum atomic E-state index is -0.217. The molecule has 1 saturated heterocycles. The van der Waals surface area contributed by atoms with Crippen molar-refractivity contribution in [2.45, 2.75) is 32.4 Å². The maximum atomic E-state index is 13.2. The molecule has 0 amide bonds. The molecule has 37 heavy (non-hydrogen) atoms. The smallest absolute Gasteiger partial charge is 0.278 e. The zero-order chi connectivity index (χ0) is 25.8. The van der Waals surface area contributed by atoms with E-state index >= 15 is 0 Å². The quantitative estimate of drug-likeness (QED) is 0.346. The normalized spacial score (nSPS) is 14.5. The van der Waals surface area contributed by atoms with Crippen molar-refractivity contribution in [2.75, 3.05) is 32.1 Å². The van der Waals surface area contributed by atoms with Gasteiger partial charge in [-0.1, -0.05) is 12.1 Å². The van der Waals surface area contributed by atoms with E-state index in [4.69, 9.17) is 19.4 Å². The molecule has 4 aromatic rings. The lowest BCUT2D eigenvalue weighted by atomic mass is 10.1. The van der Waals surface area contributed by atoms with E-state index in [0.717, 1.165) is 37.4 Å². The second-order valence-corrected chi connectivity index (χ2v) is 8.96. The Labute approximate surface area is 215 Å². The van der Waals surface area contributed by atoms with E-state index in [1.807, 2.05) is 49.4 Å². The van der Waals surface area contributed by atoms with Crippen LogP contribution in [0, 0.1) is 0 Å². The molecule has 0 aliphatic carbocycles. The highest BCUT2D eigenvalue weighted by molar-refractivity contribution is 5.77. The maximum Gasteiger partial charge on any atom is 0.278 e. The molecule has 0 saturated carbocycles. The van der Waals surface area contributed by atoms with Gasteiger partial charge >= 0.3 is 0 Å². The lowest BCUT2D eigenvalue weighted by molar-refractivity contribution is 0.110. The van der Waals surface area contributed by atoms with Gasteiger partial charge in [0.05, 0.1) is 13.2 Å². The molecule has 4 heterocycles. The molecule has 1 fully saturated rings. The zero-order valence-electron chi connectivity index (χ0n) is 21.1. The standard InChI is InChI=1S/C27H31N7O3/c1-4-15-33-26(35)22-18-28-27(29-19-9-11-20(12-10-19)36-5-2)31-25(22)34(33)23-7-6-8-24(30-23)37-21-13-16-32(3)17-14-21/h4,6-12,18,21H,1,5,13-17H2,2-3H3,(H,28,29,31). The van der Waals surface area contributed by atoms with Crippen LogP contribution in [-0.2, 0) is 6.54 Å². The fourth-order valence-electron chi connectivity index (χ4n) is 4.40. The monoisotopic (exact) mass is 501 g/mol. The predicted octanol–water partition coefficient (Wildman–Crippen LogP) is 3.78. The number of ether oxygens (including phenoxy) is 2. The Morgan fingerprint density at radius 1 is 1.14 bits per heavy atom. The number of anilines is 2. The third kappa shape index (κ3) is 5.34. The molecule has 0 spiro atoms. The van der Waals surface area contributed by atoms with Crippen molar-refractivity contribution >= 4 is 22.7 Å². The second-order valence-electron chi connectivity index (χ2n) is 8.96. The second kappa shape index (κ2) is 10.8. The number of fused-ring (bicyclic) bond motifs is 1. The molecule has 0 radical (unpaired) electrons. The van der Waals surface area contributed by atoms with E-state index in [2.05, 4.69) is 28.8 Å². The number of hydrogen-bond acceptors (Lipinski definition) is 8. The topological polar surface area (TPSA) is 99.3 Å². The van der Waals surface area contributed by atoms with Gasteiger partial charge in [0.2, 0.25) is 11.8 Å². The molecule has 0 unspecified atom stereocenters. The Bertz CT molecular complexity index is 1440. The Hall–Kier alpha value is -4.18. The first-order chi connectivity index (χ1) is 18.1. The van der Waals surface area contributed by atoms with E-state index < -0.39 is 0 Å². The van der Waals surface area contributed by atoms with Crippen LogP contribution in [0.3, 0.4) is 0 Å². The fraction of sp³-hybridized carbons (Fsp3) is 0.333. The van der Waals surface area contributed by atoms with Gasteiger partial charge < -0.3 is 19.7 Å². The Morgan fingerprint density at radius 3 is 2.65 bits per heavy atom. The molecule has 1 aromatic carbocycles. The summed E-state index contributed by atoms with van der Waals surface area (Å²) in [6.45, 7) is 8.64. The molecular weight excluding hydrogens is 470 g/mol. The van der Waals surface area contributed by atoms with Gasteiger partial charge in [0.25, 0.3) is 5.56 Å². The number of nitrogens with zero attached hydrogens (tertiary/aromatic N) is 6. The third-order valence-electron chi connectivity index (χ3n) is 6.28. The summed E-state index contributed by atoms with van der Waals surface area (Å²) < 4.78 is 15.0. The van der Waals surface area contributed by atoms with Crippen molar-refractivity contribution in [1.29, 1.82) is 0 Å². The first-order valence-corrected chi connectivity index (χ1v) is 12.5. The van der Waals surface area contributed by atoms with Crippen LogP contribution < -0.4 is 20.3 Å². The number of rotatable bonds is 9. The number of piperidine rings is 1. The zero-order valence-corrected chi connectivity index (χ0v) is 21.1. The van der Waals surface area contributed by atoms with Crippen molar-refractivity contribution in [3.63, 3.8) is 0 Å². The number of pyridine rings is 1. The van der Waals surface area contributed by atoms with E-state index in [-0.39, 0.29) is 11.7 Å². The van der Waals surface area contributed by atoms with Crippen LogP contribution in [0.1, 0.15) is 19.8 Å². The molecule has 192 valence electrons. The van der Waals surface area contributed by atoms with Crippen LogP contribution in [0.15, 0.2) is 66.1 Å². The Kier molecular flexibility index (Phi) is 7.18. The van der Waals surface area contributed by atoms with Crippen LogP contribution >= 0.6 is 0 Å². The van der Waals surface area contributed by atoms with E-state index in [9.17, 15) is 4.79 Å². The van der Waals surface area contributed by atoms with Crippen molar-refractivity contribution in [1.82, 2.24) is 29.2 Å². The third-order valence-corrected chi connectivity index (χ3v) is 6.28. The van der Waals surface area contributed by atoms with Crippen LogP contribution in [0.5, 0.6) is 11.6 Å². The largest absolute Gasteiger partial charge is 0.494 e. The Balaban J connectivity index is 1.50. The predicted molar refractivity (Wildman–Crippen MR) is 143 cm³/mol. The van der Waals surface area contributed by atoms with E-state index in [1.165, 1.54) is 6.20 Å². The number of aromatic nitrogens is 5. The van der Waals surface area contributed by atoms with Gasteiger partial charge in [-0.05, 0) is 57.1 Å². The van der Waals surface area contributed by atoms with Gasteiger partial charge in [-0.3, -0.25) is 4.79 Å². The minimum Gasteiger partial charge on any atom is -0.494 e. The van der Waals surface area contributed by atoms with Gasteiger partial charge in [0.1, 0.15) is 17.2 Å². The van der Waals surface area contributed by atoms with Crippen LogP contribution in [0.4, 0.5) is 11.6 Å². The maximum absolute atomic E-state index is 13.2. The minimum absolute atomic E-state index is 0.114. The van der Waals surface area contributed by atoms with Crippen molar-refractivity contribution < 1.29 is 9.47 Å². The van der Waals surface area contributed by atoms with E-state index in [1.54, 1.807) is 15.4 Å². The summed E-state index contributed by atoms with van der Waals surface area (Å²) in [6.07, 6.45) is 5.22. The van der Waals surface area contributed by atoms with Gasteiger partial charge in [0.15, 0.2) is 11.5 Å². The molecule has 0 bridgehead atoms.